The minimum atomic E-state index is -0.115. The number of nitrogens with one attached hydrogen (secondary N) is 2. The first-order chi connectivity index (χ1) is 9.74. The maximum Gasteiger partial charge on any atom is 0.229 e. The molecular formula is C16H17N3O. The van der Waals surface area contributed by atoms with Crippen LogP contribution in [0.3, 0.4) is 0 Å². The zero-order valence-corrected chi connectivity index (χ0v) is 11.4. The van der Waals surface area contributed by atoms with E-state index < -0.39 is 0 Å². The second-order valence-electron chi connectivity index (χ2n) is 5.01. The van der Waals surface area contributed by atoms with E-state index in [1.165, 1.54) is 0 Å². The van der Waals surface area contributed by atoms with Crippen LogP contribution in [0.1, 0.15) is 22.9 Å². The molecule has 1 amide bonds. The zero-order valence-electron chi connectivity index (χ0n) is 11.4. The van der Waals surface area contributed by atoms with Crippen molar-refractivity contribution in [1.29, 1.82) is 0 Å². The van der Waals surface area contributed by atoms with Gasteiger partial charge in [-0.3, -0.25) is 9.78 Å². The Morgan fingerprint density at radius 3 is 3.00 bits per heavy atom. The van der Waals surface area contributed by atoms with Crippen LogP contribution in [0.5, 0.6) is 0 Å². The van der Waals surface area contributed by atoms with Crippen molar-refractivity contribution in [2.75, 3.05) is 11.9 Å². The summed E-state index contributed by atoms with van der Waals surface area (Å²) in [4.78, 5) is 16.7. The molecule has 1 aliphatic rings. The molecule has 0 fully saturated rings. The summed E-state index contributed by atoms with van der Waals surface area (Å²) in [6.07, 6.45) is 0. The summed E-state index contributed by atoms with van der Waals surface area (Å²) in [7, 11) is 0. The quantitative estimate of drug-likeness (QED) is 0.896. The Kier molecular flexibility index (Phi) is 3.37. The van der Waals surface area contributed by atoms with E-state index in [2.05, 4.69) is 15.6 Å². The number of para-hydroxylation sites is 1. The fourth-order valence-corrected chi connectivity index (χ4v) is 2.52. The number of aromatic nitrogens is 1. The van der Waals surface area contributed by atoms with E-state index in [0.717, 1.165) is 22.6 Å². The molecule has 4 heteroatoms. The van der Waals surface area contributed by atoms with E-state index >= 15 is 0 Å². The van der Waals surface area contributed by atoms with Crippen molar-refractivity contribution >= 4 is 11.6 Å². The number of carbonyl (C=O) groups is 1. The molecule has 4 nitrogen and oxygen atoms in total. The number of anilines is 1. The molecule has 2 aromatic rings. The Morgan fingerprint density at radius 2 is 2.15 bits per heavy atom. The van der Waals surface area contributed by atoms with Gasteiger partial charge in [-0.1, -0.05) is 24.3 Å². The Labute approximate surface area is 118 Å². The van der Waals surface area contributed by atoms with Gasteiger partial charge in [0, 0.05) is 17.9 Å². The van der Waals surface area contributed by atoms with Gasteiger partial charge in [-0.15, -0.1) is 0 Å². The molecule has 0 bridgehead atoms. The van der Waals surface area contributed by atoms with Crippen LogP contribution in [-0.4, -0.2) is 17.4 Å². The number of rotatable bonds is 3. The third-order valence-electron chi connectivity index (χ3n) is 3.54. The van der Waals surface area contributed by atoms with Crippen molar-refractivity contribution < 1.29 is 4.79 Å². The van der Waals surface area contributed by atoms with E-state index in [0.29, 0.717) is 13.1 Å². The molecule has 2 heterocycles. The maximum absolute atomic E-state index is 12.3. The highest BCUT2D eigenvalue weighted by molar-refractivity contribution is 5.88. The fourth-order valence-electron chi connectivity index (χ4n) is 2.52. The van der Waals surface area contributed by atoms with Gasteiger partial charge >= 0.3 is 0 Å². The summed E-state index contributed by atoms with van der Waals surface area (Å²) in [6, 6.07) is 13.8. The van der Waals surface area contributed by atoms with Gasteiger partial charge in [-0.05, 0) is 30.7 Å². The van der Waals surface area contributed by atoms with E-state index in [9.17, 15) is 4.79 Å². The summed E-state index contributed by atoms with van der Waals surface area (Å²) in [5.74, 6) is -0.0678. The molecule has 1 aliphatic heterocycles. The zero-order chi connectivity index (χ0) is 13.9. The van der Waals surface area contributed by atoms with Crippen molar-refractivity contribution in [1.82, 2.24) is 10.3 Å². The number of benzene rings is 1. The molecule has 1 atom stereocenters. The van der Waals surface area contributed by atoms with E-state index in [4.69, 9.17) is 0 Å². The van der Waals surface area contributed by atoms with Crippen molar-refractivity contribution in [3.63, 3.8) is 0 Å². The SMILES string of the molecule is Cc1cccc(CNC(=O)C2CNc3ccccc32)n1. The first-order valence-corrected chi connectivity index (χ1v) is 6.77. The van der Waals surface area contributed by atoms with Gasteiger partial charge < -0.3 is 10.6 Å². The van der Waals surface area contributed by atoms with Crippen LogP contribution < -0.4 is 10.6 Å². The molecule has 0 aliphatic carbocycles. The van der Waals surface area contributed by atoms with Crippen LogP contribution in [0.25, 0.3) is 0 Å². The number of nitrogens with zero attached hydrogens (tertiary/aromatic N) is 1. The fraction of sp³-hybridized carbons (Fsp3) is 0.250. The first-order valence-electron chi connectivity index (χ1n) is 6.77. The van der Waals surface area contributed by atoms with Gasteiger partial charge in [0.05, 0.1) is 18.2 Å². The number of hydrogen-bond donors (Lipinski definition) is 2. The summed E-state index contributed by atoms with van der Waals surface area (Å²) < 4.78 is 0. The molecule has 3 rings (SSSR count). The average molecular weight is 267 g/mol. The van der Waals surface area contributed by atoms with Crippen LogP contribution in [-0.2, 0) is 11.3 Å². The molecule has 0 spiro atoms. The molecule has 1 aromatic heterocycles. The minimum Gasteiger partial charge on any atom is -0.384 e. The number of carbonyl (C=O) groups excluding carboxylic acids is 1. The molecule has 1 unspecified atom stereocenters. The van der Waals surface area contributed by atoms with Gasteiger partial charge in [0.15, 0.2) is 0 Å². The molecular weight excluding hydrogens is 250 g/mol. The van der Waals surface area contributed by atoms with Crippen LogP contribution in [0.15, 0.2) is 42.5 Å². The molecule has 1 aromatic carbocycles. The Balaban J connectivity index is 1.66. The van der Waals surface area contributed by atoms with Crippen LogP contribution in [0.2, 0.25) is 0 Å². The average Bonchev–Trinajstić information content (AvgIpc) is 2.89. The number of hydrogen-bond acceptors (Lipinski definition) is 3. The minimum absolute atomic E-state index is 0.0470. The van der Waals surface area contributed by atoms with Crippen LogP contribution in [0, 0.1) is 6.92 Å². The van der Waals surface area contributed by atoms with E-state index in [1.54, 1.807) is 0 Å². The maximum atomic E-state index is 12.3. The number of amides is 1. The van der Waals surface area contributed by atoms with Crippen molar-refractivity contribution in [2.45, 2.75) is 19.4 Å². The predicted molar refractivity (Wildman–Crippen MR) is 78.5 cm³/mol. The molecule has 0 saturated heterocycles. The predicted octanol–water partition coefficient (Wildman–Crippen LogP) is 2.22. The summed E-state index contributed by atoms with van der Waals surface area (Å²) >= 11 is 0. The lowest BCUT2D eigenvalue weighted by atomic mass is 10.0. The highest BCUT2D eigenvalue weighted by Crippen LogP contribution is 2.30. The third-order valence-corrected chi connectivity index (χ3v) is 3.54. The normalized spacial score (nSPS) is 16.4. The second-order valence-corrected chi connectivity index (χ2v) is 5.01. The largest absolute Gasteiger partial charge is 0.384 e. The lowest BCUT2D eigenvalue weighted by Gasteiger charge is -2.11. The first kappa shape index (κ1) is 12.7. The highest BCUT2D eigenvalue weighted by atomic mass is 16.1. The molecule has 2 N–H and O–H groups in total. The van der Waals surface area contributed by atoms with Gasteiger partial charge in [0.25, 0.3) is 0 Å². The number of aryl methyl sites for hydroxylation is 1. The van der Waals surface area contributed by atoms with E-state index in [1.807, 2.05) is 49.4 Å². The summed E-state index contributed by atoms with van der Waals surface area (Å²) in [5, 5.41) is 6.23. The second kappa shape index (κ2) is 5.33. The van der Waals surface area contributed by atoms with Crippen LogP contribution >= 0.6 is 0 Å². The third kappa shape index (κ3) is 2.50. The van der Waals surface area contributed by atoms with E-state index in [-0.39, 0.29) is 11.8 Å². The topological polar surface area (TPSA) is 54.0 Å². The molecule has 20 heavy (non-hydrogen) atoms. The van der Waals surface area contributed by atoms with Crippen molar-refractivity contribution in [3.8, 4) is 0 Å². The van der Waals surface area contributed by atoms with Gasteiger partial charge in [-0.2, -0.15) is 0 Å². The summed E-state index contributed by atoms with van der Waals surface area (Å²) in [5.41, 5.74) is 3.98. The van der Waals surface area contributed by atoms with Crippen molar-refractivity contribution in [3.05, 3.63) is 59.4 Å². The molecule has 0 radical (unpaired) electrons. The van der Waals surface area contributed by atoms with Gasteiger partial charge in [-0.25, -0.2) is 0 Å². The molecule has 102 valence electrons. The lowest BCUT2D eigenvalue weighted by molar-refractivity contribution is -0.122. The van der Waals surface area contributed by atoms with Crippen LogP contribution in [0.4, 0.5) is 5.69 Å². The Morgan fingerprint density at radius 1 is 1.30 bits per heavy atom. The highest BCUT2D eigenvalue weighted by Gasteiger charge is 2.27. The summed E-state index contributed by atoms with van der Waals surface area (Å²) in [6.45, 7) is 3.08. The Hall–Kier alpha value is -2.36. The monoisotopic (exact) mass is 267 g/mol. The number of pyridine rings is 1. The molecule has 0 saturated carbocycles. The number of fused-ring (bicyclic) bond motifs is 1. The van der Waals surface area contributed by atoms with Gasteiger partial charge in [0.2, 0.25) is 5.91 Å². The standard InChI is InChI=1S/C16H17N3O/c1-11-5-4-6-12(19-11)9-18-16(20)14-10-17-15-8-3-2-7-13(14)15/h2-8,14,17H,9-10H2,1H3,(H,18,20). The van der Waals surface area contributed by atoms with Crippen molar-refractivity contribution in [2.24, 2.45) is 0 Å². The smallest absolute Gasteiger partial charge is 0.229 e. The Bertz CT molecular complexity index is 639. The van der Waals surface area contributed by atoms with Gasteiger partial charge in [0.1, 0.15) is 0 Å². The lowest BCUT2D eigenvalue weighted by Crippen LogP contribution is -2.30.